The van der Waals surface area contributed by atoms with E-state index in [4.69, 9.17) is 0 Å². The Morgan fingerprint density at radius 2 is 1.22 bits per heavy atom. The summed E-state index contributed by atoms with van der Waals surface area (Å²) >= 11 is 3.42. The Bertz CT molecular complexity index is 2560. The number of sulfone groups is 1. The molecule has 0 bridgehead atoms. The highest BCUT2D eigenvalue weighted by atomic mass is 79.9. The van der Waals surface area contributed by atoms with Crippen LogP contribution in [0.15, 0.2) is 110 Å². The van der Waals surface area contributed by atoms with Crippen molar-refractivity contribution in [1.29, 1.82) is 0 Å². The smallest absolute Gasteiger partial charge is 0.221 e. The maximum atomic E-state index is 13.0. The fourth-order valence-electron chi connectivity index (χ4n) is 5.64. The number of anilines is 4. The average Bonchev–Trinajstić information content (AvgIpc) is 3.91. The minimum absolute atomic E-state index is 0.0842. The molecule has 2 aliphatic rings. The van der Waals surface area contributed by atoms with Gasteiger partial charge in [0.2, 0.25) is 9.84 Å². The highest BCUT2D eigenvalue weighted by Crippen LogP contribution is 2.30. The number of aromatic nitrogens is 6. The zero-order chi connectivity index (χ0) is 33.5. The Hall–Kier alpha value is -5.73. The number of aryl methyl sites for hydroxylation is 1. The summed E-state index contributed by atoms with van der Waals surface area (Å²) in [5, 5.41) is 8.24. The molecule has 0 radical (unpaired) electrons. The van der Waals surface area contributed by atoms with Crippen LogP contribution in [-0.4, -0.2) is 50.8 Å². The van der Waals surface area contributed by atoms with Crippen molar-refractivity contribution in [3.63, 3.8) is 0 Å². The molecule has 6 heterocycles. The van der Waals surface area contributed by atoms with Gasteiger partial charge < -0.3 is 20.6 Å². The lowest BCUT2D eigenvalue weighted by Crippen LogP contribution is -2.02. The van der Waals surface area contributed by atoms with Gasteiger partial charge in [-0.25, -0.2) is 28.4 Å². The summed E-state index contributed by atoms with van der Waals surface area (Å²) in [7, 11) is -3.68. The first-order valence-electron chi connectivity index (χ1n) is 15.2. The molecule has 0 atom stereocenters. The van der Waals surface area contributed by atoms with E-state index in [0.29, 0.717) is 23.4 Å². The second kappa shape index (κ2) is 12.4. The van der Waals surface area contributed by atoms with Gasteiger partial charge in [-0.3, -0.25) is 9.98 Å². The Kier molecular flexibility index (Phi) is 7.73. The molecule has 49 heavy (non-hydrogen) atoms. The van der Waals surface area contributed by atoms with Crippen molar-refractivity contribution in [3.05, 3.63) is 118 Å². The first kappa shape index (κ1) is 30.6. The van der Waals surface area contributed by atoms with Gasteiger partial charge in [-0.05, 0) is 93.6 Å². The van der Waals surface area contributed by atoms with Gasteiger partial charge in [0.1, 0.15) is 40.6 Å². The second-order valence-electron chi connectivity index (χ2n) is 11.6. The van der Waals surface area contributed by atoms with E-state index in [9.17, 15) is 8.42 Å². The van der Waals surface area contributed by atoms with Gasteiger partial charge in [-0.15, -0.1) is 0 Å². The molecule has 9 rings (SSSR count). The van der Waals surface area contributed by atoms with Gasteiger partial charge in [0.25, 0.3) is 0 Å². The maximum absolute atomic E-state index is 13.0. The fourth-order valence-corrected chi connectivity index (χ4v) is 7.31. The lowest BCUT2D eigenvalue weighted by Gasteiger charge is -2.07. The molecule has 0 fully saturated rings. The minimum atomic E-state index is -3.68. The molecule has 0 saturated heterocycles. The van der Waals surface area contributed by atoms with Crippen LogP contribution in [0.2, 0.25) is 0 Å². The monoisotopic (exact) mass is 730 g/mol. The van der Waals surface area contributed by atoms with Crippen molar-refractivity contribution in [3.8, 4) is 0 Å². The van der Waals surface area contributed by atoms with Crippen LogP contribution in [0, 0.1) is 6.92 Å². The summed E-state index contributed by atoms with van der Waals surface area (Å²) in [6.45, 7) is 3.39. The highest BCUT2D eigenvalue weighted by molar-refractivity contribution is 9.10. The van der Waals surface area contributed by atoms with Gasteiger partial charge in [0.15, 0.2) is 0 Å². The van der Waals surface area contributed by atoms with E-state index in [1.807, 2.05) is 49.7 Å². The van der Waals surface area contributed by atoms with Crippen molar-refractivity contribution in [2.45, 2.75) is 29.9 Å². The number of fused-ring (bicyclic) bond motifs is 4. The number of hydrogen-bond donors (Lipinski definition) is 4. The van der Waals surface area contributed by atoms with Crippen LogP contribution in [0.4, 0.5) is 23.0 Å². The molecular formula is C35H27BrN10O2S. The van der Waals surface area contributed by atoms with E-state index in [2.05, 4.69) is 78.6 Å². The van der Waals surface area contributed by atoms with Gasteiger partial charge >= 0.3 is 0 Å². The lowest BCUT2D eigenvalue weighted by atomic mass is 10.1. The van der Waals surface area contributed by atoms with Crippen molar-refractivity contribution >= 4 is 83.3 Å². The number of H-pyrrole nitrogens is 2. The molecule has 0 amide bonds. The normalized spacial score (nSPS) is 12.9. The number of aliphatic imine (C=N–C) groups is 2. The topological polar surface area (TPSA) is 166 Å². The molecule has 7 aromatic rings. The lowest BCUT2D eigenvalue weighted by molar-refractivity contribution is 0.593. The zero-order valence-corrected chi connectivity index (χ0v) is 28.3. The second-order valence-corrected chi connectivity index (χ2v) is 14.3. The number of nitrogens with one attached hydrogen (secondary N) is 4. The SMILES string of the molecule is Brc1cc2c(Nc3ccc4c(c3)C=NC4)ncnc2[nH]1.Cc1ccc(S(=O)(=O)c2cc3c(Nc4ccc5c(c4)C=NC5)ncnc3[nH]2)cc1. The van der Waals surface area contributed by atoms with Gasteiger partial charge in [0, 0.05) is 23.8 Å². The molecular weight excluding hydrogens is 704 g/mol. The van der Waals surface area contributed by atoms with Crippen molar-refractivity contribution in [2.75, 3.05) is 10.6 Å². The van der Waals surface area contributed by atoms with E-state index in [1.54, 1.807) is 36.7 Å². The molecule has 0 aliphatic carbocycles. The van der Waals surface area contributed by atoms with E-state index >= 15 is 0 Å². The molecule has 12 nitrogen and oxygen atoms in total. The minimum Gasteiger partial charge on any atom is -0.340 e. The summed E-state index contributed by atoms with van der Waals surface area (Å²) in [5.41, 5.74) is 8.76. The Morgan fingerprint density at radius 1 is 0.673 bits per heavy atom. The van der Waals surface area contributed by atoms with Gasteiger partial charge in [-0.2, -0.15) is 0 Å². The molecule has 2 aliphatic heterocycles. The molecule has 3 aromatic carbocycles. The zero-order valence-electron chi connectivity index (χ0n) is 25.9. The summed E-state index contributed by atoms with van der Waals surface area (Å²) in [5.74, 6) is 1.32. The predicted molar refractivity (Wildman–Crippen MR) is 194 cm³/mol. The standard InChI is InChI=1S/C21H17N5O2S.C14H10BrN5/c1-13-2-6-17(7-3-13)29(27,28)19-9-18-20(23-12-24-21(18)26-19)25-16-5-4-14-10-22-11-15(14)8-16;15-12-4-11-13(17-7-18-14(11)20-12)19-10-2-1-8-5-16-6-9(8)3-10/h2-9,11-12H,10H2,1H3,(H2,23,24,25,26);1-4,6-7H,5H2,(H2,17,18,19,20). The van der Waals surface area contributed by atoms with Crippen LogP contribution in [0.25, 0.3) is 22.1 Å². The summed E-state index contributed by atoms with van der Waals surface area (Å²) in [6, 6.07) is 22.5. The third-order valence-electron chi connectivity index (χ3n) is 8.22. The van der Waals surface area contributed by atoms with Gasteiger partial charge in [0.05, 0.1) is 33.4 Å². The summed E-state index contributed by atoms with van der Waals surface area (Å²) in [4.78, 5) is 31.8. The van der Waals surface area contributed by atoms with Crippen LogP contribution in [-0.2, 0) is 22.9 Å². The van der Waals surface area contributed by atoms with Crippen LogP contribution in [0.5, 0.6) is 0 Å². The van der Waals surface area contributed by atoms with Crippen LogP contribution in [0.3, 0.4) is 0 Å². The van der Waals surface area contributed by atoms with E-state index < -0.39 is 9.84 Å². The number of benzene rings is 3. The fraction of sp³-hybridized carbons (Fsp3) is 0.0857. The third kappa shape index (κ3) is 6.07. The Labute approximate surface area is 289 Å². The molecule has 0 spiro atoms. The number of rotatable bonds is 6. The number of aromatic amines is 2. The predicted octanol–water partition coefficient (Wildman–Crippen LogP) is 7.17. The van der Waals surface area contributed by atoms with Crippen molar-refractivity contribution in [1.82, 2.24) is 29.9 Å². The van der Waals surface area contributed by atoms with Crippen LogP contribution in [0.1, 0.15) is 27.8 Å². The Balaban J connectivity index is 0.000000152. The van der Waals surface area contributed by atoms with Crippen molar-refractivity contribution < 1.29 is 8.42 Å². The van der Waals surface area contributed by atoms with E-state index in [0.717, 1.165) is 56.1 Å². The van der Waals surface area contributed by atoms with Crippen LogP contribution >= 0.6 is 15.9 Å². The highest BCUT2D eigenvalue weighted by Gasteiger charge is 2.22. The first-order chi connectivity index (χ1) is 23.8. The summed E-state index contributed by atoms with van der Waals surface area (Å²) < 4.78 is 26.9. The first-order valence-corrected chi connectivity index (χ1v) is 17.5. The molecule has 4 N–H and O–H groups in total. The van der Waals surface area contributed by atoms with Crippen molar-refractivity contribution in [2.24, 2.45) is 9.98 Å². The summed E-state index contributed by atoms with van der Waals surface area (Å²) in [6.07, 6.45) is 6.70. The number of hydrogen-bond acceptors (Lipinski definition) is 10. The quantitative estimate of drug-likeness (QED) is 0.140. The molecule has 0 saturated carbocycles. The largest absolute Gasteiger partial charge is 0.340 e. The molecule has 242 valence electrons. The number of halogens is 1. The Morgan fingerprint density at radius 3 is 1.82 bits per heavy atom. The van der Waals surface area contributed by atoms with E-state index in [1.165, 1.54) is 17.5 Å². The molecule has 4 aromatic heterocycles. The number of nitrogens with zero attached hydrogens (tertiary/aromatic N) is 6. The molecule has 14 heteroatoms. The average molecular weight is 732 g/mol. The van der Waals surface area contributed by atoms with E-state index in [-0.39, 0.29) is 9.92 Å². The maximum Gasteiger partial charge on any atom is 0.221 e. The molecule has 0 unspecified atom stereocenters. The van der Waals surface area contributed by atoms with Gasteiger partial charge in [-0.1, -0.05) is 29.8 Å². The third-order valence-corrected chi connectivity index (χ3v) is 10.3. The van der Waals surface area contributed by atoms with Crippen LogP contribution < -0.4 is 10.6 Å².